The van der Waals surface area contributed by atoms with E-state index in [9.17, 15) is 14.0 Å². The van der Waals surface area contributed by atoms with E-state index in [1.165, 1.54) is 25.3 Å². The van der Waals surface area contributed by atoms with Crippen molar-refractivity contribution in [1.29, 1.82) is 0 Å². The number of benzene rings is 2. The Hall–Kier alpha value is -3.09. The van der Waals surface area contributed by atoms with E-state index < -0.39 is 17.8 Å². The van der Waals surface area contributed by atoms with E-state index in [0.717, 1.165) is 0 Å². The van der Waals surface area contributed by atoms with E-state index in [1.54, 1.807) is 30.3 Å². The molecule has 0 saturated carbocycles. The van der Waals surface area contributed by atoms with Crippen LogP contribution in [-0.4, -0.2) is 25.6 Å². The fourth-order valence-corrected chi connectivity index (χ4v) is 1.85. The van der Waals surface area contributed by atoms with Gasteiger partial charge in [-0.3, -0.25) is 4.79 Å². The minimum Gasteiger partial charge on any atom is -0.495 e. The second kappa shape index (κ2) is 7.79. The van der Waals surface area contributed by atoms with Crippen molar-refractivity contribution in [2.24, 2.45) is 0 Å². The van der Waals surface area contributed by atoms with E-state index in [2.05, 4.69) is 16.0 Å². The molecule has 23 heavy (non-hydrogen) atoms. The zero-order valence-corrected chi connectivity index (χ0v) is 12.4. The Morgan fingerprint density at radius 1 is 1.09 bits per heavy atom. The van der Waals surface area contributed by atoms with Crippen LogP contribution in [0.3, 0.4) is 0 Å². The normalized spacial score (nSPS) is 9.83. The van der Waals surface area contributed by atoms with Crippen LogP contribution in [-0.2, 0) is 4.79 Å². The Morgan fingerprint density at radius 2 is 1.87 bits per heavy atom. The summed E-state index contributed by atoms with van der Waals surface area (Å²) in [5.74, 6) is -0.415. The Labute approximate surface area is 132 Å². The number of urea groups is 1. The van der Waals surface area contributed by atoms with Crippen LogP contribution < -0.4 is 20.7 Å². The quantitative estimate of drug-likeness (QED) is 0.793. The van der Waals surface area contributed by atoms with Crippen LogP contribution in [0.5, 0.6) is 5.75 Å². The van der Waals surface area contributed by atoms with Gasteiger partial charge >= 0.3 is 6.03 Å². The zero-order valence-electron chi connectivity index (χ0n) is 12.4. The van der Waals surface area contributed by atoms with Crippen LogP contribution in [0.25, 0.3) is 0 Å². The van der Waals surface area contributed by atoms with Gasteiger partial charge < -0.3 is 20.7 Å². The smallest absolute Gasteiger partial charge is 0.319 e. The maximum Gasteiger partial charge on any atom is 0.319 e. The van der Waals surface area contributed by atoms with Crippen LogP contribution in [0.1, 0.15) is 0 Å². The Morgan fingerprint density at radius 3 is 2.61 bits per heavy atom. The zero-order chi connectivity index (χ0) is 16.7. The molecule has 120 valence electrons. The summed E-state index contributed by atoms with van der Waals surface area (Å²) in [6.07, 6.45) is 0. The predicted molar refractivity (Wildman–Crippen MR) is 85.0 cm³/mol. The van der Waals surface area contributed by atoms with Gasteiger partial charge in [-0.15, -0.1) is 0 Å². The van der Waals surface area contributed by atoms with Crippen LogP contribution in [0.2, 0.25) is 0 Å². The van der Waals surface area contributed by atoms with Gasteiger partial charge in [0.2, 0.25) is 5.91 Å². The maximum atomic E-state index is 13.0. The first-order chi connectivity index (χ1) is 11.1. The molecule has 2 aromatic rings. The van der Waals surface area contributed by atoms with Crippen molar-refractivity contribution in [3.63, 3.8) is 0 Å². The Bertz CT molecular complexity index is 706. The van der Waals surface area contributed by atoms with E-state index in [0.29, 0.717) is 17.1 Å². The third-order valence-electron chi connectivity index (χ3n) is 2.87. The first kappa shape index (κ1) is 16.3. The van der Waals surface area contributed by atoms with Crippen LogP contribution in [0.15, 0.2) is 48.5 Å². The molecular formula is C16H16FN3O3. The van der Waals surface area contributed by atoms with Gasteiger partial charge in [-0.05, 0) is 30.3 Å². The van der Waals surface area contributed by atoms with Crippen LogP contribution in [0, 0.1) is 5.82 Å². The molecule has 0 aliphatic carbocycles. The number of ether oxygens (including phenoxy) is 1. The number of hydrogen-bond acceptors (Lipinski definition) is 3. The van der Waals surface area contributed by atoms with Gasteiger partial charge in [0.25, 0.3) is 0 Å². The number of carbonyl (C=O) groups is 2. The molecule has 0 aromatic heterocycles. The van der Waals surface area contributed by atoms with Gasteiger partial charge in [-0.1, -0.05) is 18.2 Å². The molecule has 0 saturated heterocycles. The average molecular weight is 317 g/mol. The molecule has 2 rings (SSSR count). The largest absolute Gasteiger partial charge is 0.495 e. The molecule has 0 bridgehead atoms. The summed E-state index contributed by atoms with van der Waals surface area (Å²) in [6.45, 7) is -0.252. The second-order valence-corrected chi connectivity index (χ2v) is 4.57. The number of rotatable bonds is 5. The second-order valence-electron chi connectivity index (χ2n) is 4.57. The highest BCUT2D eigenvalue weighted by atomic mass is 19.1. The number of hydrogen-bond donors (Lipinski definition) is 3. The predicted octanol–water partition coefficient (Wildman–Crippen LogP) is 2.59. The van der Waals surface area contributed by atoms with Crippen molar-refractivity contribution in [3.8, 4) is 5.75 Å². The standard InChI is InChI=1S/C16H16FN3O3/c1-23-14-8-3-2-7-13(14)20-16(22)18-10-15(21)19-12-6-4-5-11(17)9-12/h2-9H,10H2,1H3,(H,19,21)(H2,18,20,22). The summed E-state index contributed by atoms with van der Waals surface area (Å²) in [5.41, 5.74) is 0.806. The molecule has 0 fully saturated rings. The van der Waals surface area contributed by atoms with Crippen LogP contribution >= 0.6 is 0 Å². The van der Waals surface area contributed by atoms with Crippen molar-refractivity contribution >= 4 is 23.3 Å². The highest BCUT2D eigenvalue weighted by Crippen LogP contribution is 2.22. The monoisotopic (exact) mass is 317 g/mol. The maximum absolute atomic E-state index is 13.0. The molecule has 0 atom stereocenters. The van der Waals surface area contributed by atoms with E-state index in [4.69, 9.17) is 4.74 Å². The first-order valence-electron chi connectivity index (χ1n) is 6.82. The summed E-state index contributed by atoms with van der Waals surface area (Å²) in [4.78, 5) is 23.5. The van der Waals surface area contributed by atoms with E-state index in [-0.39, 0.29) is 6.54 Å². The number of nitrogens with one attached hydrogen (secondary N) is 3. The van der Waals surface area contributed by atoms with Gasteiger partial charge in [-0.25, -0.2) is 9.18 Å². The van der Waals surface area contributed by atoms with Crippen molar-refractivity contribution < 1.29 is 18.7 Å². The lowest BCUT2D eigenvalue weighted by Crippen LogP contribution is -2.35. The molecule has 0 radical (unpaired) electrons. The molecule has 0 aliphatic rings. The van der Waals surface area contributed by atoms with Gasteiger partial charge in [-0.2, -0.15) is 0 Å². The summed E-state index contributed by atoms with van der Waals surface area (Å²) >= 11 is 0. The topological polar surface area (TPSA) is 79.5 Å². The number of para-hydroxylation sites is 2. The molecule has 0 aliphatic heterocycles. The van der Waals surface area contributed by atoms with Gasteiger partial charge in [0.15, 0.2) is 0 Å². The first-order valence-corrected chi connectivity index (χ1v) is 6.82. The van der Waals surface area contributed by atoms with E-state index in [1.807, 2.05) is 0 Å². The van der Waals surface area contributed by atoms with Crippen molar-refractivity contribution in [3.05, 3.63) is 54.3 Å². The van der Waals surface area contributed by atoms with Gasteiger partial charge in [0.1, 0.15) is 11.6 Å². The van der Waals surface area contributed by atoms with Gasteiger partial charge in [0, 0.05) is 5.69 Å². The van der Waals surface area contributed by atoms with Crippen molar-refractivity contribution in [2.75, 3.05) is 24.3 Å². The Kier molecular flexibility index (Phi) is 5.51. The number of carbonyl (C=O) groups excluding carboxylic acids is 2. The lowest BCUT2D eigenvalue weighted by Gasteiger charge is -2.11. The summed E-state index contributed by atoms with van der Waals surface area (Å²) < 4.78 is 18.1. The SMILES string of the molecule is COc1ccccc1NC(=O)NCC(=O)Nc1cccc(F)c1. The third kappa shape index (κ3) is 4.99. The molecule has 3 N–H and O–H groups in total. The molecule has 3 amide bonds. The lowest BCUT2D eigenvalue weighted by atomic mass is 10.3. The van der Waals surface area contributed by atoms with Crippen molar-refractivity contribution in [2.45, 2.75) is 0 Å². The number of halogens is 1. The third-order valence-corrected chi connectivity index (χ3v) is 2.87. The summed E-state index contributed by atoms with van der Waals surface area (Å²) in [5, 5.41) is 7.46. The van der Waals surface area contributed by atoms with Crippen molar-refractivity contribution in [1.82, 2.24) is 5.32 Å². The summed E-state index contributed by atoms with van der Waals surface area (Å²) in [6, 6.07) is 11.8. The number of anilines is 2. The Balaban J connectivity index is 1.83. The van der Waals surface area contributed by atoms with Crippen LogP contribution in [0.4, 0.5) is 20.6 Å². The van der Waals surface area contributed by atoms with Gasteiger partial charge in [0.05, 0.1) is 19.3 Å². The van der Waals surface area contributed by atoms with E-state index >= 15 is 0 Å². The number of methoxy groups -OCH3 is 1. The minimum absolute atomic E-state index is 0.252. The molecular weight excluding hydrogens is 301 g/mol. The number of amides is 3. The molecule has 2 aromatic carbocycles. The summed E-state index contributed by atoms with van der Waals surface area (Å²) in [7, 11) is 1.49. The average Bonchev–Trinajstić information content (AvgIpc) is 2.53. The molecule has 7 heteroatoms. The highest BCUT2D eigenvalue weighted by Gasteiger charge is 2.08. The highest BCUT2D eigenvalue weighted by molar-refractivity contribution is 5.97. The minimum atomic E-state index is -0.552. The lowest BCUT2D eigenvalue weighted by molar-refractivity contribution is -0.115. The fourth-order valence-electron chi connectivity index (χ4n) is 1.85. The molecule has 6 nitrogen and oxygen atoms in total. The molecule has 0 unspecified atom stereocenters. The molecule has 0 heterocycles. The fraction of sp³-hybridized carbons (Fsp3) is 0.125. The molecule has 0 spiro atoms.